The Morgan fingerprint density at radius 3 is 1.47 bits per heavy atom. The number of fused-ring (bicyclic) bond motifs is 2. The number of thiophene rings is 2. The molecule has 0 radical (unpaired) electrons. The predicted octanol–water partition coefficient (Wildman–Crippen LogP) is 15.4. The molecule has 0 bridgehead atoms. The van der Waals surface area contributed by atoms with Crippen LogP contribution in [-0.2, 0) is 32.3 Å². The minimum absolute atomic E-state index is 0.0957. The van der Waals surface area contributed by atoms with E-state index >= 15 is 0 Å². The monoisotopic (exact) mass is 1110 g/mol. The lowest BCUT2D eigenvalue weighted by atomic mass is 9.83. The molecule has 12 nitrogen and oxygen atoms in total. The SMILES string of the molecule is COC(=O)c1cc2[nH]c(-c3ccc(OCc4ccccc4)cc3N)c(C3CCCCC3)c2s1.COC(=O)c1cc2[nH]c(-c3ccc(OCc4ccccc4)cc3NC(=O)CCl)c(C3CCCCC3)c2s1.O=C(Cl)CCl. The molecule has 1 amide bonds. The molecular weight excluding hydrogens is 1050 g/mol. The molecule has 4 aromatic carbocycles. The van der Waals surface area contributed by atoms with Crippen LogP contribution in [-0.4, -0.2) is 59.0 Å². The zero-order chi connectivity index (χ0) is 52.8. The van der Waals surface area contributed by atoms with Gasteiger partial charge in [0.15, 0.2) is 0 Å². The second kappa shape index (κ2) is 26.5. The van der Waals surface area contributed by atoms with Crippen molar-refractivity contribution in [1.82, 2.24) is 9.97 Å². The molecular formula is C58H59Cl3N4O8S2. The molecule has 2 fully saturated rings. The summed E-state index contributed by atoms with van der Waals surface area (Å²) in [5.41, 5.74) is 18.3. The number of alkyl halides is 2. The Morgan fingerprint density at radius 2 is 1.04 bits per heavy atom. The van der Waals surface area contributed by atoms with Crippen LogP contribution in [0.25, 0.3) is 42.9 Å². The smallest absolute Gasteiger partial charge is 0.348 e. The van der Waals surface area contributed by atoms with E-state index < -0.39 is 5.24 Å². The number of rotatable bonds is 15. The zero-order valence-electron chi connectivity index (χ0n) is 41.7. The average Bonchev–Trinajstić information content (AvgIpc) is 4.24. The molecule has 4 aromatic heterocycles. The van der Waals surface area contributed by atoms with E-state index in [9.17, 15) is 19.2 Å². The number of carbonyl (C=O) groups is 4. The molecule has 0 spiro atoms. The van der Waals surface area contributed by atoms with Gasteiger partial charge in [0, 0.05) is 28.9 Å². The van der Waals surface area contributed by atoms with Gasteiger partial charge in [-0.3, -0.25) is 9.59 Å². The number of aromatic amines is 2. The number of carbonyl (C=O) groups excluding carboxylic acids is 4. The Morgan fingerprint density at radius 1 is 0.600 bits per heavy atom. The maximum atomic E-state index is 12.4. The highest BCUT2D eigenvalue weighted by atomic mass is 35.5. The number of ether oxygens (including phenoxy) is 4. The van der Waals surface area contributed by atoms with Gasteiger partial charge in [-0.05, 0) is 108 Å². The second-order valence-corrected chi connectivity index (χ2v) is 21.4. The van der Waals surface area contributed by atoms with Gasteiger partial charge in [0.05, 0.1) is 57.6 Å². The van der Waals surface area contributed by atoms with Crippen molar-refractivity contribution < 1.29 is 38.1 Å². The highest BCUT2D eigenvalue weighted by Crippen LogP contribution is 2.48. The second-order valence-electron chi connectivity index (χ2n) is 18.4. The number of esters is 2. The van der Waals surface area contributed by atoms with Crippen LogP contribution in [0.5, 0.6) is 11.5 Å². The number of nitrogens with one attached hydrogen (secondary N) is 3. The van der Waals surface area contributed by atoms with Crippen LogP contribution in [0.15, 0.2) is 109 Å². The molecule has 10 rings (SSSR count). The van der Waals surface area contributed by atoms with Crippen molar-refractivity contribution >= 4 is 112 Å². The minimum atomic E-state index is -0.508. The van der Waals surface area contributed by atoms with Crippen molar-refractivity contribution in [2.75, 3.05) is 37.0 Å². The lowest BCUT2D eigenvalue weighted by molar-refractivity contribution is -0.114. The van der Waals surface area contributed by atoms with Gasteiger partial charge in [0.1, 0.15) is 40.3 Å². The topological polar surface area (TPSA) is 175 Å². The van der Waals surface area contributed by atoms with Gasteiger partial charge in [0.25, 0.3) is 0 Å². The number of nitrogens with two attached hydrogens (primary N) is 1. The van der Waals surface area contributed by atoms with Crippen LogP contribution in [0, 0.1) is 0 Å². The largest absolute Gasteiger partial charge is 0.489 e. The quantitative estimate of drug-likeness (QED) is 0.0337. The van der Waals surface area contributed by atoms with Crippen LogP contribution in [0.3, 0.4) is 0 Å². The first-order valence-electron chi connectivity index (χ1n) is 24.9. The maximum Gasteiger partial charge on any atom is 0.348 e. The molecule has 75 heavy (non-hydrogen) atoms. The number of H-pyrrole nitrogens is 2. The van der Waals surface area contributed by atoms with E-state index in [-0.39, 0.29) is 29.6 Å². The summed E-state index contributed by atoms with van der Waals surface area (Å²) in [4.78, 5) is 54.5. The first-order valence-corrected chi connectivity index (χ1v) is 28.0. The summed E-state index contributed by atoms with van der Waals surface area (Å²) in [6.07, 6.45) is 11.8. The molecule has 17 heteroatoms. The maximum absolute atomic E-state index is 12.4. The lowest BCUT2D eigenvalue weighted by Gasteiger charge is -2.23. The number of halogens is 3. The van der Waals surface area contributed by atoms with Crippen LogP contribution < -0.4 is 20.5 Å². The summed E-state index contributed by atoms with van der Waals surface area (Å²) >= 11 is 18.4. The Kier molecular flexibility index (Phi) is 19.4. The van der Waals surface area contributed by atoms with E-state index in [0.717, 1.165) is 85.5 Å². The molecule has 0 aliphatic heterocycles. The van der Waals surface area contributed by atoms with Crippen molar-refractivity contribution in [3.8, 4) is 34.0 Å². The van der Waals surface area contributed by atoms with E-state index in [2.05, 4.69) is 15.3 Å². The highest BCUT2D eigenvalue weighted by molar-refractivity contribution is 7.21. The Labute approximate surface area is 459 Å². The van der Waals surface area contributed by atoms with Gasteiger partial charge in [-0.1, -0.05) is 99.2 Å². The number of hydrogen-bond acceptors (Lipinski definition) is 11. The van der Waals surface area contributed by atoms with Gasteiger partial charge < -0.3 is 40.0 Å². The van der Waals surface area contributed by atoms with Gasteiger partial charge >= 0.3 is 11.9 Å². The molecule has 5 N–H and O–H groups in total. The lowest BCUT2D eigenvalue weighted by Crippen LogP contribution is -2.14. The summed E-state index contributed by atoms with van der Waals surface area (Å²) in [7, 11) is 2.82. The number of aromatic nitrogens is 2. The average molecular weight is 1110 g/mol. The zero-order valence-corrected chi connectivity index (χ0v) is 45.6. The molecule has 392 valence electrons. The third-order valence-electron chi connectivity index (χ3n) is 13.4. The van der Waals surface area contributed by atoms with E-state index in [0.29, 0.717) is 51.9 Å². The Balaban J connectivity index is 0.000000184. The summed E-state index contributed by atoms with van der Waals surface area (Å²) in [6, 6.07) is 35.5. The first-order chi connectivity index (χ1) is 36.5. The fourth-order valence-corrected chi connectivity index (χ4v) is 12.2. The molecule has 2 saturated carbocycles. The van der Waals surface area contributed by atoms with E-state index in [1.807, 2.05) is 109 Å². The van der Waals surface area contributed by atoms with Crippen molar-refractivity contribution in [3.63, 3.8) is 0 Å². The van der Waals surface area contributed by atoms with Gasteiger partial charge in [0.2, 0.25) is 11.1 Å². The van der Waals surface area contributed by atoms with Gasteiger partial charge in [-0.25, -0.2) is 9.59 Å². The standard InChI is InChI=1S/C29H29ClN2O4S.C27H28N2O3S.C2H2Cl2O/c1-35-29(34)24-15-23-28(37-24)26(19-10-6-3-7-11-19)27(32-23)21-13-12-20(14-22(21)31-25(33)16-30)36-17-18-8-4-2-5-9-18;1-31-27(30)23-15-22-26(33-23)24(18-10-6-3-7-11-18)25(29-22)20-13-12-19(14-21(20)28)32-16-17-8-4-2-5-9-17;3-1-2(4)5/h2,4-5,8-9,12-15,19,32H,3,6-7,10-11,16-17H2,1H3,(H,31,33);2,4-5,8-9,12-15,18,29H,3,6-7,10-11,16,28H2,1H3;1H2. The molecule has 0 atom stereocenters. The predicted molar refractivity (Wildman–Crippen MR) is 304 cm³/mol. The van der Waals surface area contributed by atoms with Crippen molar-refractivity contribution in [2.24, 2.45) is 0 Å². The summed E-state index contributed by atoms with van der Waals surface area (Å²) in [6.45, 7) is 0.923. The summed E-state index contributed by atoms with van der Waals surface area (Å²) in [5.74, 6) is 1.07. The third kappa shape index (κ3) is 13.8. The van der Waals surface area contributed by atoms with Crippen LogP contribution in [0.2, 0.25) is 0 Å². The van der Waals surface area contributed by atoms with Crippen LogP contribution >= 0.6 is 57.5 Å². The Bertz CT molecular complexity index is 3230. The summed E-state index contributed by atoms with van der Waals surface area (Å²) in [5, 5.41) is 2.45. The van der Waals surface area contributed by atoms with Crippen molar-refractivity contribution in [3.05, 3.63) is 141 Å². The number of benzene rings is 4. The third-order valence-corrected chi connectivity index (χ3v) is 16.4. The van der Waals surface area contributed by atoms with Crippen molar-refractivity contribution in [2.45, 2.75) is 89.3 Å². The van der Waals surface area contributed by atoms with E-state index in [1.54, 1.807) is 0 Å². The number of nitrogen functional groups attached to an aromatic ring is 1. The molecule has 0 saturated heterocycles. The molecule has 4 heterocycles. The fourth-order valence-electron chi connectivity index (χ4n) is 9.85. The summed E-state index contributed by atoms with van der Waals surface area (Å²) < 4.78 is 24.1. The number of hydrogen-bond donors (Lipinski definition) is 4. The molecule has 8 aromatic rings. The highest BCUT2D eigenvalue weighted by Gasteiger charge is 2.29. The number of methoxy groups -OCH3 is 2. The fraction of sp³-hybridized carbons (Fsp3) is 0.310. The molecule has 2 aliphatic carbocycles. The van der Waals surface area contributed by atoms with Crippen LogP contribution in [0.1, 0.15) is 118 Å². The van der Waals surface area contributed by atoms with Gasteiger partial charge in [-0.2, -0.15) is 0 Å². The first kappa shape index (κ1) is 55.0. The normalized spacial score (nSPS) is 13.8. The van der Waals surface area contributed by atoms with E-state index in [4.69, 9.17) is 59.5 Å². The number of anilines is 2. The van der Waals surface area contributed by atoms with E-state index in [1.165, 1.54) is 86.5 Å². The number of amides is 1. The van der Waals surface area contributed by atoms with Crippen LogP contribution in [0.4, 0.5) is 11.4 Å². The molecule has 0 unspecified atom stereocenters. The Hall–Kier alpha value is -6.29. The van der Waals surface area contributed by atoms with Crippen molar-refractivity contribution in [1.29, 1.82) is 0 Å². The minimum Gasteiger partial charge on any atom is -0.489 e. The molecule has 2 aliphatic rings. The van der Waals surface area contributed by atoms with Gasteiger partial charge in [-0.15, -0.1) is 45.9 Å².